The van der Waals surface area contributed by atoms with Crippen LogP contribution in [0.3, 0.4) is 0 Å². The van der Waals surface area contributed by atoms with Crippen molar-refractivity contribution < 1.29 is 9.90 Å². The van der Waals surface area contributed by atoms with Gasteiger partial charge in [-0.1, -0.05) is 12.1 Å². The molecule has 146 valence electrons. The standard InChI is InChI=1S/C22H21N5O2/c28-10-6-20(29)26-16-4-5-17-19(11-16)27(14-22(17)7-8-22)21-24-12-15(13-25-21)18-3-1-2-9-23-18/h1-5,9,11-13,28H,6-8,10,14H2,(H,26,29). The average molecular weight is 387 g/mol. The molecule has 1 spiro atoms. The molecular formula is C22H21N5O2. The number of nitrogens with one attached hydrogen (secondary N) is 1. The minimum Gasteiger partial charge on any atom is -0.396 e. The Morgan fingerprint density at radius 3 is 2.66 bits per heavy atom. The fourth-order valence-electron chi connectivity index (χ4n) is 3.96. The normalized spacial score (nSPS) is 16.0. The van der Waals surface area contributed by atoms with Crippen molar-refractivity contribution in [3.05, 3.63) is 60.6 Å². The van der Waals surface area contributed by atoms with Gasteiger partial charge in [-0.15, -0.1) is 0 Å². The van der Waals surface area contributed by atoms with Gasteiger partial charge in [0.05, 0.1) is 18.7 Å². The Labute approximate surface area is 168 Å². The van der Waals surface area contributed by atoms with Gasteiger partial charge in [0, 0.05) is 47.5 Å². The summed E-state index contributed by atoms with van der Waals surface area (Å²) in [5.41, 5.74) is 4.93. The molecule has 0 bridgehead atoms. The number of carbonyl (C=O) groups is 1. The van der Waals surface area contributed by atoms with E-state index in [-0.39, 0.29) is 24.3 Å². The summed E-state index contributed by atoms with van der Waals surface area (Å²) in [6.45, 7) is 0.682. The van der Waals surface area contributed by atoms with Crippen molar-refractivity contribution in [2.24, 2.45) is 0 Å². The van der Waals surface area contributed by atoms with Crippen LogP contribution in [0, 0.1) is 0 Å². The van der Waals surface area contributed by atoms with Crippen molar-refractivity contribution in [3.63, 3.8) is 0 Å². The second-order valence-electron chi connectivity index (χ2n) is 7.61. The number of aliphatic hydroxyl groups excluding tert-OH is 1. The van der Waals surface area contributed by atoms with Crippen LogP contribution in [-0.2, 0) is 10.2 Å². The molecule has 1 amide bonds. The molecule has 0 saturated heterocycles. The third-order valence-electron chi connectivity index (χ3n) is 5.64. The van der Waals surface area contributed by atoms with Crippen molar-refractivity contribution in [2.45, 2.75) is 24.7 Å². The quantitative estimate of drug-likeness (QED) is 0.699. The molecule has 1 fully saturated rings. The lowest BCUT2D eigenvalue weighted by atomic mass is 9.98. The maximum absolute atomic E-state index is 11.9. The Morgan fingerprint density at radius 2 is 1.97 bits per heavy atom. The molecule has 5 rings (SSSR count). The summed E-state index contributed by atoms with van der Waals surface area (Å²) < 4.78 is 0. The maximum Gasteiger partial charge on any atom is 0.229 e. The molecule has 1 saturated carbocycles. The molecule has 29 heavy (non-hydrogen) atoms. The van der Waals surface area contributed by atoms with Crippen LogP contribution in [0.5, 0.6) is 0 Å². The predicted octanol–water partition coefficient (Wildman–Crippen LogP) is 3.04. The van der Waals surface area contributed by atoms with E-state index in [1.54, 1.807) is 18.6 Å². The zero-order valence-electron chi connectivity index (χ0n) is 15.9. The molecule has 1 aromatic carbocycles. The monoisotopic (exact) mass is 387 g/mol. The summed E-state index contributed by atoms with van der Waals surface area (Å²) in [6.07, 6.45) is 7.74. The van der Waals surface area contributed by atoms with E-state index < -0.39 is 0 Å². The molecule has 2 aromatic heterocycles. The minimum atomic E-state index is -0.200. The van der Waals surface area contributed by atoms with Crippen molar-refractivity contribution in [1.29, 1.82) is 0 Å². The highest BCUT2D eigenvalue weighted by Crippen LogP contribution is 2.58. The number of amides is 1. The van der Waals surface area contributed by atoms with Crippen LogP contribution in [0.1, 0.15) is 24.8 Å². The molecule has 0 unspecified atom stereocenters. The predicted molar refractivity (Wildman–Crippen MR) is 110 cm³/mol. The van der Waals surface area contributed by atoms with E-state index in [1.807, 2.05) is 30.3 Å². The van der Waals surface area contributed by atoms with Gasteiger partial charge in [0.25, 0.3) is 0 Å². The first-order valence-electron chi connectivity index (χ1n) is 9.75. The lowest BCUT2D eigenvalue weighted by Gasteiger charge is -2.18. The van der Waals surface area contributed by atoms with Crippen LogP contribution >= 0.6 is 0 Å². The van der Waals surface area contributed by atoms with Crippen molar-refractivity contribution in [2.75, 3.05) is 23.4 Å². The highest BCUT2D eigenvalue weighted by Gasteiger charge is 2.52. The number of hydrogen-bond donors (Lipinski definition) is 2. The lowest BCUT2D eigenvalue weighted by Crippen LogP contribution is -2.21. The van der Waals surface area contributed by atoms with Gasteiger partial charge in [-0.2, -0.15) is 0 Å². The molecule has 1 aliphatic carbocycles. The third-order valence-corrected chi connectivity index (χ3v) is 5.64. The number of pyridine rings is 1. The van der Waals surface area contributed by atoms with E-state index in [1.165, 1.54) is 5.56 Å². The van der Waals surface area contributed by atoms with E-state index in [9.17, 15) is 4.79 Å². The van der Waals surface area contributed by atoms with E-state index in [0.717, 1.165) is 42.0 Å². The summed E-state index contributed by atoms with van der Waals surface area (Å²) >= 11 is 0. The van der Waals surface area contributed by atoms with Crippen LogP contribution in [0.4, 0.5) is 17.3 Å². The number of hydrogen-bond acceptors (Lipinski definition) is 6. The summed E-state index contributed by atoms with van der Waals surface area (Å²) in [6, 6.07) is 11.8. The summed E-state index contributed by atoms with van der Waals surface area (Å²) in [4.78, 5) is 27.5. The highest BCUT2D eigenvalue weighted by molar-refractivity contribution is 5.92. The molecule has 2 N–H and O–H groups in total. The van der Waals surface area contributed by atoms with Crippen molar-refractivity contribution in [1.82, 2.24) is 15.0 Å². The van der Waals surface area contributed by atoms with Crippen molar-refractivity contribution >= 4 is 23.2 Å². The first-order chi connectivity index (χ1) is 14.2. The second-order valence-corrected chi connectivity index (χ2v) is 7.61. The van der Waals surface area contributed by atoms with Gasteiger partial charge < -0.3 is 15.3 Å². The summed E-state index contributed by atoms with van der Waals surface area (Å²) in [5.74, 6) is 0.447. The fraction of sp³-hybridized carbons (Fsp3) is 0.273. The van der Waals surface area contributed by atoms with Gasteiger partial charge in [-0.3, -0.25) is 9.78 Å². The van der Waals surface area contributed by atoms with Gasteiger partial charge in [0.1, 0.15) is 0 Å². The van der Waals surface area contributed by atoms with Gasteiger partial charge in [-0.05, 0) is 42.7 Å². The zero-order chi connectivity index (χ0) is 19.8. The summed E-state index contributed by atoms with van der Waals surface area (Å²) in [7, 11) is 0. The number of rotatable bonds is 5. The first kappa shape index (κ1) is 17.8. The van der Waals surface area contributed by atoms with Gasteiger partial charge in [-0.25, -0.2) is 9.97 Å². The van der Waals surface area contributed by atoms with Crippen LogP contribution in [0.2, 0.25) is 0 Å². The van der Waals surface area contributed by atoms with Crippen LogP contribution in [-0.4, -0.2) is 39.1 Å². The Bertz CT molecular complexity index is 1050. The smallest absolute Gasteiger partial charge is 0.229 e. The van der Waals surface area contributed by atoms with E-state index in [2.05, 4.69) is 31.2 Å². The first-order valence-corrected chi connectivity index (χ1v) is 9.75. The molecule has 2 aliphatic rings. The topological polar surface area (TPSA) is 91.2 Å². The SMILES string of the molecule is O=C(CCO)Nc1ccc2c(c1)N(c1ncc(-c3ccccn3)cn1)CC21CC1. The Hall–Kier alpha value is -3.32. The van der Waals surface area contributed by atoms with Gasteiger partial charge in [0.15, 0.2) is 0 Å². The van der Waals surface area contributed by atoms with E-state index in [0.29, 0.717) is 5.95 Å². The third kappa shape index (κ3) is 3.23. The largest absolute Gasteiger partial charge is 0.396 e. The molecule has 3 heterocycles. The number of anilines is 3. The Kier molecular flexibility index (Phi) is 4.24. The molecule has 1 aliphatic heterocycles. The minimum absolute atomic E-state index is 0.0861. The Balaban J connectivity index is 1.46. The molecule has 0 radical (unpaired) electrons. The van der Waals surface area contributed by atoms with Crippen LogP contribution in [0.15, 0.2) is 55.0 Å². The number of benzene rings is 1. The van der Waals surface area contributed by atoms with E-state index >= 15 is 0 Å². The number of aliphatic hydroxyl groups is 1. The highest BCUT2D eigenvalue weighted by atomic mass is 16.3. The Morgan fingerprint density at radius 1 is 1.14 bits per heavy atom. The molecule has 7 nitrogen and oxygen atoms in total. The number of carbonyl (C=O) groups excluding carboxylic acids is 1. The zero-order valence-corrected chi connectivity index (χ0v) is 15.9. The number of aromatic nitrogens is 3. The van der Waals surface area contributed by atoms with Crippen LogP contribution < -0.4 is 10.2 Å². The van der Waals surface area contributed by atoms with Gasteiger partial charge >= 0.3 is 0 Å². The number of nitrogens with zero attached hydrogens (tertiary/aromatic N) is 4. The second kappa shape index (κ2) is 6.93. The molecule has 3 aromatic rings. The average Bonchev–Trinajstić information content (AvgIpc) is 3.46. The maximum atomic E-state index is 11.9. The van der Waals surface area contributed by atoms with Crippen LogP contribution in [0.25, 0.3) is 11.3 Å². The molecular weight excluding hydrogens is 366 g/mol. The molecule has 0 atom stereocenters. The molecule has 7 heteroatoms. The van der Waals surface area contributed by atoms with Gasteiger partial charge in [0.2, 0.25) is 11.9 Å². The number of fused-ring (bicyclic) bond motifs is 2. The van der Waals surface area contributed by atoms with E-state index in [4.69, 9.17) is 5.11 Å². The fourth-order valence-corrected chi connectivity index (χ4v) is 3.96. The lowest BCUT2D eigenvalue weighted by molar-refractivity contribution is -0.116. The van der Waals surface area contributed by atoms with Crippen molar-refractivity contribution in [3.8, 4) is 11.3 Å². The summed E-state index contributed by atoms with van der Waals surface area (Å²) in [5, 5.41) is 11.8.